The van der Waals surface area contributed by atoms with Gasteiger partial charge in [0.25, 0.3) is 0 Å². The maximum atomic E-state index is 13.6. The summed E-state index contributed by atoms with van der Waals surface area (Å²) < 4.78 is 55.7. The highest BCUT2D eigenvalue weighted by molar-refractivity contribution is 5.74. The highest BCUT2D eigenvalue weighted by Gasteiger charge is 2.53. The number of halogens is 3. The summed E-state index contributed by atoms with van der Waals surface area (Å²) in [6.45, 7) is 2.48. The molecule has 3 aliphatic rings. The lowest BCUT2D eigenvalue weighted by Gasteiger charge is -2.49. The number of carbonyl (C=O) groups excluding carboxylic acids is 2. The Kier molecular flexibility index (Phi) is 3.90. The molecule has 2 amide bonds. The fourth-order valence-corrected chi connectivity index (χ4v) is 3.63. The van der Waals surface area contributed by atoms with E-state index in [-0.39, 0.29) is 19.4 Å². The van der Waals surface area contributed by atoms with Crippen LogP contribution >= 0.6 is 0 Å². The number of nitrogens with one attached hydrogen (secondary N) is 1. The van der Waals surface area contributed by atoms with Crippen molar-refractivity contribution in [1.82, 2.24) is 10.2 Å². The van der Waals surface area contributed by atoms with Crippen LogP contribution in [0.4, 0.5) is 22.8 Å². The van der Waals surface area contributed by atoms with Crippen LogP contribution in [0.2, 0.25) is 0 Å². The van der Waals surface area contributed by atoms with E-state index in [4.69, 9.17) is 14.2 Å². The molecule has 2 saturated heterocycles. The second-order valence-electron chi connectivity index (χ2n) is 7.50. The Hall–Kier alpha value is -2.65. The molecule has 10 heteroatoms. The number of nitrogens with zero attached hydrogens (tertiary/aromatic N) is 1. The van der Waals surface area contributed by atoms with Crippen molar-refractivity contribution in [3.8, 4) is 5.75 Å². The molecule has 0 atom stereocenters. The van der Waals surface area contributed by atoms with Gasteiger partial charge in [0.15, 0.2) is 17.4 Å². The van der Waals surface area contributed by atoms with E-state index in [1.807, 2.05) is 0 Å². The van der Waals surface area contributed by atoms with Crippen LogP contribution in [0.5, 0.6) is 5.75 Å². The molecule has 1 aromatic carbocycles. The third kappa shape index (κ3) is 3.24. The standard InChI is InChI=1S/C17H17F3N2O5/c1-16(27-15(24)22-6-17(7-22)8-25-14(23)21-17)4-10(5-16)26-13-11(19)2-9(18)3-12(13)20/h2-3,10H,4-8H2,1H3,(H,21,23)/t10-,16-. The van der Waals surface area contributed by atoms with Gasteiger partial charge in [-0.1, -0.05) is 0 Å². The number of hydrogen-bond acceptors (Lipinski definition) is 5. The fraction of sp³-hybridized carbons (Fsp3) is 0.529. The molecule has 1 saturated carbocycles. The van der Waals surface area contributed by atoms with Crippen LogP contribution in [0.25, 0.3) is 0 Å². The molecule has 1 aromatic rings. The summed E-state index contributed by atoms with van der Waals surface area (Å²) in [6.07, 6.45) is -1.11. The number of cyclic esters (lactones) is 1. The SMILES string of the molecule is C[C@]1(OC(=O)N2CC3(COC(=O)N3)C2)C[C@H](Oc2c(F)cc(F)cc2F)C1. The van der Waals surface area contributed by atoms with E-state index in [2.05, 4.69) is 5.32 Å². The molecule has 146 valence electrons. The summed E-state index contributed by atoms with van der Waals surface area (Å²) in [5, 5.41) is 2.66. The van der Waals surface area contributed by atoms with Crippen molar-refractivity contribution in [1.29, 1.82) is 0 Å². The number of carbonyl (C=O) groups is 2. The molecule has 2 aliphatic heterocycles. The lowest BCUT2D eigenvalue weighted by molar-refractivity contribution is -0.113. The molecule has 27 heavy (non-hydrogen) atoms. The Morgan fingerprint density at radius 2 is 1.89 bits per heavy atom. The quantitative estimate of drug-likeness (QED) is 0.863. The highest BCUT2D eigenvalue weighted by atomic mass is 19.1. The van der Waals surface area contributed by atoms with Crippen molar-refractivity contribution in [3.63, 3.8) is 0 Å². The van der Waals surface area contributed by atoms with E-state index in [0.717, 1.165) is 0 Å². The molecule has 7 nitrogen and oxygen atoms in total. The number of amides is 2. The number of hydrogen-bond donors (Lipinski definition) is 1. The van der Waals surface area contributed by atoms with E-state index >= 15 is 0 Å². The summed E-state index contributed by atoms with van der Waals surface area (Å²) >= 11 is 0. The Labute approximate surface area is 152 Å². The smallest absolute Gasteiger partial charge is 0.410 e. The van der Waals surface area contributed by atoms with Crippen LogP contribution in [0.15, 0.2) is 12.1 Å². The second kappa shape index (κ2) is 5.93. The third-order valence-electron chi connectivity index (χ3n) is 4.99. The van der Waals surface area contributed by atoms with Crippen LogP contribution in [0.3, 0.4) is 0 Å². The van der Waals surface area contributed by atoms with Crippen molar-refractivity contribution < 1.29 is 37.0 Å². The first-order valence-corrected chi connectivity index (χ1v) is 8.41. The minimum atomic E-state index is -1.12. The average molecular weight is 386 g/mol. The zero-order valence-corrected chi connectivity index (χ0v) is 14.4. The zero-order chi connectivity index (χ0) is 19.4. The normalized spacial score (nSPS) is 28.1. The molecule has 2 heterocycles. The van der Waals surface area contributed by atoms with Crippen molar-refractivity contribution >= 4 is 12.2 Å². The molecular formula is C17H17F3N2O5. The van der Waals surface area contributed by atoms with E-state index < -0.39 is 52.6 Å². The maximum absolute atomic E-state index is 13.6. The van der Waals surface area contributed by atoms with E-state index in [1.165, 1.54) is 4.90 Å². The molecule has 1 aliphatic carbocycles. The lowest BCUT2D eigenvalue weighted by atomic mass is 9.78. The number of rotatable bonds is 3. The Morgan fingerprint density at radius 3 is 2.44 bits per heavy atom. The largest absolute Gasteiger partial charge is 0.484 e. The predicted molar refractivity (Wildman–Crippen MR) is 83.6 cm³/mol. The first-order valence-electron chi connectivity index (χ1n) is 8.41. The van der Waals surface area contributed by atoms with Gasteiger partial charge >= 0.3 is 12.2 Å². The first kappa shape index (κ1) is 17.7. The molecule has 0 bridgehead atoms. The molecule has 0 aromatic heterocycles. The van der Waals surface area contributed by atoms with Gasteiger partial charge in [0, 0.05) is 25.0 Å². The van der Waals surface area contributed by atoms with Gasteiger partial charge in [0.2, 0.25) is 0 Å². The summed E-state index contributed by atoms with van der Waals surface area (Å²) in [4.78, 5) is 24.8. The van der Waals surface area contributed by atoms with Crippen LogP contribution in [-0.2, 0) is 9.47 Å². The van der Waals surface area contributed by atoms with E-state index in [9.17, 15) is 22.8 Å². The molecule has 4 rings (SSSR count). The van der Waals surface area contributed by atoms with E-state index in [1.54, 1.807) is 6.92 Å². The third-order valence-corrected chi connectivity index (χ3v) is 4.99. The van der Waals surface area contributed by atoms with Crippen molar-refractivity contribution in [2.75, 3.05) is 19.7 Å². The average Bonchev–Trinajstić information content (AvgIpc) is 2.89. The van der Waals surface area contributed by atoms with Crippen LogP contribution in [0, 0.1) is 17.5 Å². The molecule has 0 radical (unpaired) electrons. The van der Waals surface area contributed by atoms with Gasteiger partial charge in [-0.3, -0.25) is 0 Å². The summed E-state index contributed by atoms with van der Waals surface area (Å²) in [5.41, 5.74) is -1.37. The van der Waals surface area contributed by atoms with Crippen molar-refractivity contribution in [2.24, 2.45) is 0 Å². The summed E-state index contributed by atoms with van der Waals surface area (Å²) in [5.74, 6) is -3.91. The van der Waals surface area contributed by atoms with Crippen LogP contribution < -0.4 is 10.1 Å². The van der Waals surface area contributed by atoms with Crippen molar-refractivity contribution in [3.05, 3.63) is 29.6 Å². The zero-order valence-electron chi connectivity index (χ0n) is 14.4. The Bertz CT molecular complexity index is 783. The Morgan fingerprint density at radius 1 is 1.26 bits per heavy atom. The second-order valence-corrected chi connectivity index (χ2v) is 7.50. The van der Waals surface area contributed by atoms with Gasteiger partial charge in [-0.25, -0.2) is 22.8 Å². The van der Waals surface area contributed by atoms with Gasteiger partial charge in [0.05, 0.1) is 13.1 Å². The number of ether oxygens (including phenoxy) is 3. The predicted octanol–water partition coefficient (Wildman–Crippen LogP) is 2.33. The molecule has 1 spiro atoms. The maximum Gasteiger partial charge on any atom is 0.410 e. The number of benzene rings is 1. The van der Waals surface area contributed by atoms with Crippen LogP contribution in [-0.4, -0.2) is 54.0 Å². The fourth-order valence-electron chi connectivity index (χ4n) is 3.63. The number of likely N-dealkylation sites (tertiary alicyclic amines) is 1. The van der Waals surface area contributed by atoms with Gasteiger partial charge in [-0.2, -0.15) is 0 Å². The molecule has 0 unspecified atom stereocenters. The highest BCUT2D eigenvalue weighted by Crippen LogP contribution is 2.40. The topological polar surface area (TPSA) is 77.1 Å². The lowest BCUT2D eigenvalue weighted by Crippen LogP contribution is -2.70. The van der Waals surface area contributed by atoms with E-state index in [0.29, 0.717) is 25.2 Å². The minimum Gasteiger partial charge on any atom is -0.484 e. The van der Waals surface area contributed by atoms with Gasteiger partial charge in [-0.05, 0) is 6.92 Å². The Balaban J connectivity index is 1.27. The van der Waals surface area contributed by atoms with Gasteiger partial charge in [-0.15, -0.1) is 0 Å². The minimum absolute atomic E-state index is 0.206. The van der Waals surface area contributed by atoms with Crippen molar-refractivity contribution in [2.45, 2.75) is 37.0 Å². The number of alkyl carbamates (subject to hydrolysis) is 1. The summed E-state index contributed by atoms with van der Waals surface area (Å²) in [6, 6.07) is 1.09. The molecular weight excluding hydrogens is 369 g/mol. The monoisotopic (exact) mass is 386 g/mol. The van der Waals surface area contributed by atoms with Crippen LogP contribution in [0.1, 0.15) is 19.8 Å². The molecule has 1 N–H and O–H groups in total. The molecule has 3 fully saturated rings. The van der Waals surface area contributed by atoms with Gasteiger partial charge < -0.3 is 24.4 Å². The van der Waals surface area contributed by atoms with Gasteiger partial charge in [0.1, 0.15) is 29.7 Å². The first-order chi connectivity index (χ1) is 12.7. The summed E-state index contributed by atoms with van der Waals surface area (Å²) in [7, 11) is 0.